The summed E-state index contributed by atoms with van der Waals surface area (Å²) < 4.78 is 10.7. The van der Waals surface area contributed by atoms with Crippen LogP contribution in [0.4, 0.5) is 0 Å². The van der Waals surface area contributed by atoms with Crippen molar-refractivity contribution >= 4 is 27.9 Å². The van der Waals surface area contributed by atoms with Crippen LogP contribution in [0.1, 0.15) is 20.7 Å². The van der Waals surface area contributed by atoms with Crippen molar-refractivity contribution in [1.29, 1.82) is 0 Å². The van der Waals surface area contributed by atoms with Crippen molar-refractivity contribution in [2.75, 3.05) is 7.11 Å². The molecule has 0 N–H and O–H groups in total. The Bertz CT molecular complexity index is 635. The number of methoxy groups -OCH3 is 1. The second-order valence-corrected chi connectivity index (χ2v) is 4.83. The van der Waals surface area contributed by atoms with Gasteiger partial charge in [0.25, 0.3) is 0 Å². The van der Waals surface area contributed by atoms with Crippen LogP contribution >= 0.6 is 15.9 Å². The van der Waals surface area contributed by atoms with E-state index in [9.17, 15) is 9.59 Å². The van der Waals surface area contributed by atoms with Crippen molar-refractivity contribution in [3.8, 4) is 5.75 Å². The summed E-state index contributed by atoms with van der Waals surface area (Å²) in [6.07, 6.45) is 0. The Morgan fingerprint density at radius 3 is 2.30 bits per heavy atom. The van der Waals surface area contributed by atoms with E-state index in [4.69, 9.17) is 4.74 Å². The summed E-state index contributed by atoms with van der Waals surface area (Å²) >= 11 is 3.29. The Hall–Kier alpha value is -2.14. The van der Waals surface area contributed by atoms with Crippen LogP contribution in [0, 0.1) is 0 Å². The number of ether oxygens (including phenoxy) is 2. The Kier molecular flexibility index (Phi) is 4.53. The fraction of sp³-hybridized carbons (Fsp3) is 0.0667. The van der Waals surface area contributed by atoms with Crippen LogP contribution in [-0.2, 0) is 4.74 Å². The van der Waals surface area contributed by atoms with Gasteiger partial charge in [0.2, 0.25) is 0 Å². The van der Waals surface area contributed by atoms with Crippen LogP contribution in [0.2, 0.25) is 0 Å². The lowest BCUT2D eigenvalue weighted by Crippen LogP contribution is -2.09. The first-order valence-electron chi connectivity index (χ1n) is 5.76. The van der Waals surface area contributed by atoms with Gasteiger partial charge in [-0.05, 0) is 42.5 Å². The van der Waals surface area contributed by atoms with Gasteiger partial charge in [0.15, 0.2) is 0 Å². The number of benzene rings is 2. The molecule has 2 rings (SSSR count). The number of carbonyl (C=O) groups is 2. The van der Waals surface area contributed by atoms with E-state index in [2.05, 4.69) is 20.7 Å². The minimum absolute atomic E-state index is 0.292. The summed E-state index contributed by atoms with van der Waals surface area (Å²) in [7, 11) is 1.29. The Labute approximate surface area is 124 Å². The van der Waals surface area contributed by atoms with E-state index in [-0.39, 0.29) is 0 Å². The molecule has 0 amide bonds. The summed E-state index contributed by atoms with van der Waals surface area (Å²) in [5, 5.41) is 0. The molecule has 4 nitrogen and oxygen atoms in total. The smallest absolute Gasteiger partial charge is 0.343 e. The number of esters is 2. The highest BCUT2D eigenvalue weighted by atomic mass is 79.9. The van der Waals surface area contributed by atoms with Crippen LogP contribution in [-0.4, -0.2) is 19.0 Å². The third-order valence-electron chi connectivity index (χ3n) is 2.55. The van der Waals surface area contributed by atoms with E-state index in [0.29, 0.717) is 16.9 Å². The molecule has 2 aromatic rings. The third kappa shape index (κ3) is 3.45. The van der Waals surface area contributed by atoms with Gasteiger partial charge in [0.1, 0.15) is 5.75 Å². The highest BCUT2D eigenvalue weighted by Crippen LogP contribution is 2.17. The fourth-order valence-electron chi connectivity index (χ4n) is 1.56. The van der Waals surface area contributed by atoms with Gasteiger partial charge in [-0.1, -0.05) is 22.0 Å². The number of hydrogen-bond acceptors (Lipinski definition) is 4. The molecule has 0 radical (unpaired) electrons. The van der Waals surface area contributed by atoms with E-state index < -0.39 is 11.9 Å². The molecule has 102 valence electrons. The molecule has 0 bridgehead atoms. The maximum Gasteiger partial charge on any atom is 0.343 e. The van der Waals surface area contributed by atoms with E-state index in [1.54, 1.807) is 42.5 Å². The van der Waals surface area contributed by atoms with E-state index in [1.807, 2.05) is 0 Å². The van der Waals surface area contributed by atoms with Gasteiger partial charge >= 0.3 is 11.9 Å². The van der Waals surface area contributed by atoms with Crippen LogP contribution in [0.5, 0.6) is 5.75 Å². The first-order chi connectivity index (χ1) is 9.60. The minimum Gasteiger partial charge on any atom is -0.465 e. The van der Waals surface area contributed by atoms with Crippen molar-refractivity contribution < 1.29 is 19.1 Å². The van der Waals surface area contributed by atoms with Gasteiger partial charge in [0.05, 0.1) is 18.2 Å². The number of halogens is 1. The Morgan fingerprint density at radius 1 is 0.950 bits per heavy atom. The lowest BCUT2D eigenvalue weighted by atomic mass is 10.2. The maximum absolute atomic E-state index is 11.9. The Morgan fingerprint density at radius 2 is 1.65 bits per heavy atom. The van der Waals surface area contributed by atoms with Crippen molar-refractivity contribution in [2.24, 2.45) is 0 Å². The lowest BCUT2D eigenvalue weighted by Gasteiger charge is -2.06. The van der Waals surface area contributed by atoms with Crippen LogP contribution in [0.15, 0.2) is 53.0 Å². The van der Waals surface area contributed by atoms with Crippen molar-refractivity contribution in [2.45, 2.75) is 0 Å². The van der Waals surface area contributed by atoms with Crippen molar-refractivity contribution in [3.63, 3.8) is 0 Å². The normalized spacial score (nSPS) is 9.90. The maximum atomic E-state index is 11.9. The monoisotopic (exact) mass is 334 g/mol. The van der Waals surface area contributed by atoms with E-state index in [0.717, 1.165) is 4.47 Å². The minimum atomic E-state index is -0.487. The highest BCUT2D eigenvalue weighted by Gasteiger charge is 2.11. The van der Waals surface area contributed by atoms with Gasteiger partial charge in [0, 0.05) is 4.47 Å². The third-order valence-corrected chi connectivity index (χ3v) is 3.07. The van der Waals surface area contributed by atoms with Gasteiger partial charge in [-0.2, -0.15) is 0 Å². The molecule has 0 aliphatic heterocycles. The quantitative estimate of drug-likeness (QED) is 0.637. The van der Waals surface area contributed by atoms with Gasteiger partial charge in [-0.25, -0.2) is 9.59 Å². The average molecular weight is 335 g/mol. The summed E-state index contributed by atoms with van der Waals surface area (Å²) in [4.78, 5) is 23.3. The molecule has 0 aromatic heterocycles. The topological polar surface area (TPSA) is 52.6 Å². The predicted octanol–water partition coefficient (Wildman–Crippen LogP) is 3.45. The molecule has 0 saturated carbocycles. The second-order valence-electron chi connectivity index (χ2n) is 3.92. The lowest BCUT2D eigenvalue weighted by molar-refractivity contribution is 0.0597. The van der Waals surface area contributed by atoms with E-state index in [1.165, 1.54) is 13.2 Å². The summed E-state index contributed by atoms with van der Waals surface area (Å²) in [5.74, 6) is -0.674. The first-order valence-corrected chi connectivity index (χ1v) is 6.55. The van der Waals surface area contributed by atoms with Crippen LogP contribution in [0.25, 0.3) is 0 Å². The second kappa shape index (κ2) is 6.34. The zero-order chi connectivity index (χ0) is 14.5. The van der Waals surface area contributed by atoms with Crippen LogP contribution in [0.3, 0.4) is 0 Å². The standard InChI is InChI=1S/C15H11BrO4/c1-19-14(17)11-3-2-4-13(9-11)20-15(18)10-5-7-12(16)8-6-10/h2-9H,1H3. The van der Waals surface area contributed by atoms with Crippen molar-refractivity contribution in [3.05, 3.63) is 64.1 Å². The average Bonchev–Trinajstić information content (AvgIpc) is 2.47. The number of rotatable bonds is 3. The largest absolute Gasteiger partial charge is 0.465 e. The zero-order valence-corrected chi connectivity index (χ0v) is 12.2. The molecule has 0 fully saturated rings. The molecule has 2 aromatic carbocycles. The molecule has 0 unspecified atom stereocenters. The fourth-order valence-corrected chi connectivity index (χ4v) is 1.82. The van der Waals surface area contributed by atoms with Crippen LogP contribution < -0.4 is 4.74 Å². The molecular weight excluding hydrogens is 324 g/mol. The SMILES string of the molecule is COC(=O)c1cccc(OC(=O)c2ccc(Br)cc2)c1. The molecule has 0 aliphatic carbocycles. The molecule has 5 heteroatoms. The highest BCUT2D eigenvalue weighted by molar-refractivity contribution is 9.10. The van der Waals surface area contributed by atoms with Gasteiger partial charge < -0.3 is 9.47 Å². The Balaban J connectivity index is 2.15. The summed E-state index contributed by atoms with van der Waals surface area (Å²) in [5.41, 5.74) is 0.755. The first kappa shape index (κ1) is 14.3. The molecule has 0 atom stereocenters. The zero-order valence-electron chi connectivity index (χ0n) is 10.6. The molecule has 20 heavy (non-hydrogen) atoms. The van der Waals surface area contributed by atoms with E-state index >= 15 is 0 Å². The number of carbonyl (C=O) groups excluding carboxylic acids is 2. The molecule has 0 heterocycles. The predicted molar refractivity (Wildman–Crippen MR) is 76.9 cm³/mol. The molecule has 0 aliphatic rings. The molecular formula is C15H11BrO4. The number of hydrogen-bond donors (Lipinski definition) is 0. The summed E-state index contributed by atoms with van der Waals surface area (Å²) in [6.45, 7) is 0. The van der Waals surface area contributed by atoms with Crippen molar-refractivity contribution in [1.82, 2.24) is 0 Å². The molecule has 0 saturated heterocycles. The summed E-state index contributed by atoms with van der Waals surface area (Å²) in [6, 6.07) is 13.1. The molecule has 0 spiro atoms. The van der Waals surface area contributed by atoms with Gasteiger partial charge in [-0.3, -0.25) is 0 Å². The van der Waals surface area contributed by atoms with Gasteiger partial charge in [-0.15, -0.1) is 0 Å².